The van der Waals surface area contributed by atoms with E-state index in [-0.39, 0.29) is 24.2 Å². The number of halogens is 2. The van der Waals surface area contributed by atoms with Gasteiger partial charge in [0.15, 0.2) is 0 Å². The summed E-state index contributed by atoms with van der Waals surface area (Å²) in [6.45, 7) is 0.642. The number of carboxylic acid groups (broad SMARTS) is 1. The molecule has 1 aromatic rings. The largest absolute Gasteiger partial charge is 0.481 e. The number of benzene rings is 1. The van der Waals surface area contributed by atoms with E-state index in [0.29, 0.717) is 23.0 Å². The van der Waals surface area contributed by atoms with Gasteiger partial charge in [-0.25, -0.2) is 0 Å². The molecular formula is C17H21Cl2NO3. The van der Waals surface area contributed by atoms with Crippen molar-refractivity contribution < 1.29 is 14.7 Å². The van der Waals surface area contributed by atoms with Crippen LogP contribution in [-0.4, -0.2) is 23.5 Å². The molecule has 0 aromatic heterocycles. The Hall–Kier alpha value is -1.26. The van der Waals surface area contributed by atoms with Crippen molar-refractivity contribution in [3.8, 4) is 0 Å². The number of hydrogen-bond acceptors (Lipinski definition) is 2. The second-order valence-corrected chi connectivity index (χ2v) is 6.81. The fourth-order valence-electron chi connectivity index (χ4n) is 2.73. The van der Waals surface area contributed by atoms with Crippen molar-refractivity contribution >= 4 is 35.1 Å². The van der Waals surface area contributed by atoms with E-state index in [0.717, 1.165) is 31.2 Å². The molecule has 4 nitrogen and oxygen atoms in total. The highest BCUT2D eigenvalue weighted by Crippen LogP contribution is 2.49. The maximum Gasteiger partial charge on any atom is 0.303 e. The Bertz CT molecular complexity index is 577. The lowest BCUT2D eigenvalue weighted by Gasteiger charge is -2.06. The fraction of sp³-hybridized carbons (Fsp3) is 0.529. The number of carbonyl (C=O) groups excluding carboxylic acids is 1. The van der Waals surface area contributed by atoms with E-state index in [4.69, 9.17) is 28.3 Å². The highest BCUT2D eigenvalue weighted by Gasteiger charge is 2.44. The van der Waals surface area contributed by atoms with E-state index in [9.17, 15) is 9.59 Å². The summed E-state index contributed by atoms with van der Waals surface area (Å²) >= 11 is 12.1. The molecule has 1 aromatic carbocycles. The smallest absolute Gasteiger partial charge is 0.303 e. The maximum atomic E-state index is 12.1. The average molecular weight is 358 g/mol. The lowest BCUT2D eigenvalue weighted by atomic mass is 10.1. The second kappa shape index (κ2) is 8.55. The zero-order chi connectivity index (χ0) is 16.8. The van der Waals surface area contributed by atoms with Crippen LogP contribution in [0.2, 0.25) is 10.0 Å². The van der Waals surface area contributed by atoms with Crippen LogP contribution < -0.4 is 5.32 Å². The minimum atomic E-state index is -0.751. The van der Waals surface area contributed by atoms with Gasteiger partial charge in [0.05, 0.1) is 0 Å². The monoisotopic (exact) mass is 357 g/mol. The molecule has 0 heterocycles. The molecule has 2 N–H and O–H groups in total. The molecular weight excluding hydrogens is 337 g/mol. The Kier molecular flexibility index (Phi) is 6.72. The molecule has 0 bridgehead atoms. The van der Waals surface area contributed by atoms with Crippen LogP contribution in [0.5, 0.6) is 0 Å². The van der Waals surface area contributed by atoms with Crippen LogP contribution in [0, 0.1) is 5.92 Å². The van der Waals surface area contributed by atoms with Gasteiger partial charge in [0, 0.05) is 28.9 Å². The third kappa shape index (κ3) is 5.70. The number of hydrogen-bond donors (Lipinski definition) is 2. The minimum Gasteiger partial charge on any atom is -0.481 e. The van der Waals surface area contributed by atoms with Gasteiger partial charge in [-0.05, 0) is 42.9 Å². The summed E-state index contributed by atoms with van der Waals surface area (Å²) in [5.41, 5.74) is 0.991. The lowest BCUT2D eigenvalue weighted by molar-refractivity contribution is -0.137. The first-order valence-corrected chi connectivity index (χ1v) is 8.69. The van der Waals surface area contributed by atoms with Crippen LogP contribution >= 0.6 is 23.2 Å². The van der Waals surface area contributed by atoms with Crippen LogP contribution in [0.1, 0.15) is 50.0 Å². The summed E-state index contributed by atoms with van der Waals surface area (Å²) in [5.74, 6) is -0.485. The van der Waals surface area contributed by atoms with Crippen molar-refractivity contribution in [2.75, 3.05) is 6.54 Å². The zero-order valence-corrected chi connectivity index (χ0v) is 14.4. The van der Waals surface area contributed by atoms with Crippen LogP contribution in [0.25, 0.3) is 0 Å². The van der Waals surface area contributed by atoms with Gasteiger partial charge in [-0.15, -0.1) is 0 Å². The van der Waals surface area contributed by atoms with Gasteiger partial charge in [-0.2, -0.15) is 0 Å². The average Bonchev–Trinajstić information content (AvgIpc) is 3.26. The molecule has 1 amide bonds. The SMILES string of the molecule is O=C(O)CCCCCCNC(=O)C1CC1c1ccc(Cl)cc1Cl. The number of nitrogens with one attached hydrogen (secondary N) is 1. The molecule has 0 spiro atoms. The van der Waals surface area contributed by atoms with Crippen LogP contribution in [0.3, 0.4) is 0 Å². The Morgan fingerprint density at radius 2 is 1.91 bits per heavy atom. The number of unbranched alkanes of at least 4 members (excludes halogenated alkanes) is 3. The van der Waals surface area contributed by atoms with Crippen molar-refractivity contribution in [2.24, 2.45) is 5.92 Å². The standard InChI is InChI=1S/C17H21Cl2NO3/c18-11-6-7-12(15(19)9-11)13-10-14(13)17(23)20-8-4-2-1-3-5-16(21)22/h6-7,9,13-14H,1-5,8,10H2,(H,20,23)(H,21,22). The van der Waals surface area contributed by atoms with Crippen LogP contribution in [-0.2, 0) is 9.59 Å². The Balaban J connectivity index is 1.63. The van der Waals surface area contributed by atoms with Crippen LogP contribution in [0.15, 0.2) is 18.2 Å². The summed E-state index contributed by atoms with van der Waals surface area (Å²) in [6.07, 6.45) is 4.44. The first-order valence-electron chi connectivity index (χ1n) is 7.93. The molecule has 0 saturated heterocycles. The zero-order valence-electron chi connectivity index (χ0n) is 12.9. The third-order valence-corrected chi connectivity index (χ3v) is 4.67. The topological polar surface area (TPSA) is 66.4 Å². The lowest BCUT2D eigenvalue weighted by Crippen LogP contribution is -2.26. The summed E-state index contributed by atoms with van der Waals surface area (Å²) in [5, 5.41) is 12.7. The number of aliphatic carboxylic acids is 1. The summed E-state index contributed by atoms with van der Waals surface area (Å²) < 4.78 is 0. The molecule has 2 atom stereocenters. The summed E-state index contributed by atoms with van der Waals surface area (Å²) in [6, 6.07) is 5.40. The fourth-order valence-corrected chi connectivity index (χ4v) is 3.28. The van der Waals surface area contributed by atoms with Gasteiger partial charge in [-0.3, -0.25) is 9.59 Å². The van der Waals surface area contributed by atoms with Crippen molar-refractivity contribution in [1.82, 2.24) is 5.32 Å². The molecule has 0 aliphatic heterocycles. The molecule has 6 heteroatoms. The molecule has 1 aliphatic carbocycles. The first kappa shape index (κ1) is 18.1. The predicted molar refractivity (Wildman–Crippen MR) is 91.0 cm³/mol. The van der Waals surface area contributed by atoms with E-state index >= 15 is 0 Å². The van der Waals surface area contributed by atoms with E-state index in [1.807, 2.05) is 6.07 Å². The Morgan fingerprint density at radius 1 is 1.17 bits per heavy atom. The highest BCUT2D eigenvalue weighted by atomic mass is 35.5. The number of carbonyl (C=O) groups is 2. The van der Waals surface area contributed by atoms with Crippen molar-refractivity contribution in [3.63, 3.8) is 0 Å². The summed E-state index contributed by atoms with van der Waals surface area (Å²) in [4.78, 5) is 22.5. The molecule has 2 rings (SSSR count). The molecule has 126 valence electrons. The minimum absolute atomic E-state index is 0.000635. The molecule has 2 unspecified atom stereocenters. The van der Waals surface area contributed by atoms with E-state index < -0.39 is 5.97 Å². The normalized spacial score (nSPS) is 19.4. The third-order valence-electron chi connectivity index (χ3n) is 4.11. The van der Waals surface area contributed by atoms with Gasteiger partial charge in [-0.1, -0.05) is 42.1 Å². The van der Waals surface area contributed by atoms with Crippen molar-refractivity contribution in [3.05, 3.63) is 33.8 Å². The molecule has 0 radical (unpaired) electrons. The van der Waals surface area contributed by atoms with E-state index in [2.05, 4.69) is 5.32 Å². The number of amides is 1. The summed E-state index contributed by atoms with van der Waals surface area (Å²) in [7, 11) is 0. The molecule has 1 fully saturated rings. The van der Waals surface area contributed by atoms with Crippen molar-refractivity contribution in [1.29, 1.82) is 0 Å². The van der Waals surface area contributed by atoms with Crippen LogP contribution in [0.4, 0.5) is 0 Å². The number of rotatable bonds is 9. The van der Waals surface area contributed by atoms with Gasteiger partial charge < -0.3 is 10.4 Å². The first-order chi connectivity index (χ1) is 11.0. The Morgan fingerprint density at radius 3 is 2.61 bits per heavy atom. The quantitative estimate of drug-likeness (QED) is 0.649. The highest BCUT2D eigenvalue weighted by molar-refractivity contribution is 6.35. The molecule has 23 heavy (non-hydrogen) atoms. The van der Waals surface area contributed by atoms with Gasteiger partial charge >= 0.3 is 5.97 Å². The van der Waals surface area contributed by atoms with E-state index in [1.165, 1.54) is 0 Å². The predicted octanol–water partition coefficient (Wildman–Crippen LogP) is 4.25. The maximum absolute atomic E-state index is 12.1. The molecule has 1 aliphatic rings. The Labute approximate surface area is 146 Å². The number of carboxylic acids is 1. The molecule has 1 saturated carbocycles. The van der Waals surface area contributed by atoms with Gasteiger partial charge in [0.25, 0.3) is 0 Å². The van der Waals surface area contributed by atoms with Crippen molar-refractivity contribution in [2.45, 2.75) is 44.4 Å². The van der Waals surface area contributed by atoms with Gasteiger partial charge in [0.2, 0.25) is 5.91 Å². The van der Waals surface area contributed by atoms with Gasteiger partial charge in [0.1, 0.15) is 0 Å². The van der Waals surface area contributed by atoms with E-state index in [1.54, 1.807) is 12.1 Å². The second-order valence-electron chi connectivity index (χ2n) is 5.96.